The van der Waals surface area contributed by atoms with Gasteiger partial charge in [0.25, 0.3) is 23.5 Å². The molecule has 0 atom stereocenters. The zero-order valence-electron chi connectivity index (χ0n) is 18.9. The summed E-state index contributed by atoms with van der Waals surface area (Å²) < 4.78 is 30.3. The summed E-state index contributed by atoms with van der Waals surface area (Å²) in [6, 6.07) is 17.5. The lowest BCUT2D eigenvalue weighted by molar-refractivity contribution is -0.118. The Balaban J connectivity index is 1.56. The minimum Gasteiger partial charge on any atom is -0.483 e. The lowest BCUT2D eigenvalue weighted by atomic mass is 10.0. The number of rotatable bonds is 8. The van der Waals surface area contributed by atoms with Gasteiger partial charge in [0.2, 0.25) is 0 Å². The van der Waals surface area contributed by atoms with Crippen molar-refractivity contribution in [1.29, 1.82) is 0 Å². The second kappa shape index (κ2) is 12.0. The molecule has 0 aliphatic rings. The number of halogens is 2. The molecule has 3 aromatic carbocycles. The molecule has 182 valence electrons. The van der Waals surface area contributed by atoms with Crippen molar-refractivity contribution in [1.82, 2.24) is 10.9 Å². The number of hydrazine groups is 1. The van der Waals surface area contributed by atoms with E-state index in [1.807, 2.05) is 19.9 Å². The minimum absolute atomic E-state index is 0.120. The number of hydrogen-bond acceptors (Lipinski definition) is 5. The number of alkyl halides is 2. The molecular formula is C25H23F2N3O4S. The van der Waals surface area contributed by atoms with Crippen molar-refractivity contribution in [3.63, 3.8) is 0 Å². The van der Waals surface area contributed by atoms with Crippen LogP contribution in [0.2, 0.25) is 0 Å². The average molecular weight is 500 g/mol. The summed E-state index contributed by atoms with van der Waals surface area (Å²) in [6.07, 6.45) is 0. The van der Waals surface area contributed by atoms with Crippen molar-refractivity contribution in [3.05, 3.63) is 89.0 Å². The van der Waals surface area contributed by atoms with E-state index >= 15 is 0 Å². The molecule has 0 spiro atoms. The van der Waals surface area contributed by atoms with Gasteiger partial charge in [-0.15, -0.1) is 0 Å². The Labute approximate surface area is 205 Å². The Hall–Kier alpha value is -3.92. The summed E-state index contributed by atoms with van der Waals surface area (Å²) >= 11 is 0.409. The predicted octanol–water partition coefficient (Wildman–Crippen LogP) is 4.71. The maximum Gasteiger partial charge on any atom is 0.288 e. The molecule has 0 saturated heterocycles. The van der Waals surface area contributed by atoms with Crippen LogP contribution in [-0.2, 0) is 4.79 Å². The first-order chi connectivity index (χ1) is 16.7. The maximum absolute atomic E-state index is 12.6. The van der Waals surface area contributed by atoms with Gasteiger partial charge in [-0.05, 0) is 67.4 Å². The number of carbonyl (C=O) groups is 3. The number of ether oxygens (including phenoxy) is 1. The zero-order chi connectivity index (χ0) is 25.4. The molecule has 3 rings (SSSR count). The van der Waals surface area contributed by atoms with Crippen LogP contribution >= 0.6 is 11.8 Å². The number of nitrogens with one attached hydrogen (secondary N) is 3. The van der Waals surface area contributed by atoms with E-state index in [2.05, 4.69) is 16.2 Å². The number of para-hydroxylation sites is 1. The van der Waals surface area contributed by atoms with E-state index in [1.165, 1.54) is 36.4 Å². The van der Waals surface area contributed by atoms with Gasteiger partial charge >= 0.3 is 0 Å². The Bertz CT molecular complexity index is 1220. The number of aryl methyl sites for hydroxylation is 1. The van der Waals surface area contributed by atoms with Crippen LogP contribution in [0.1, 0.15) is 31.8 Å². The van der Waals surface area contributed by atoms with E-state index in [0.717, 1.165) is 11.1 Å². The molecule has 10 heteroatoms. The fraction of sp³-hybridized carbons (Fsp3) is 0.160. The van der Waals surface area contributed by atoms with Crippen LogP contribution in [0.3, 0.4) is 0 Å². The van der Waals surface area contributed by atoms with Crippen LogP contribution in [-0.4, -0.2) is 30.1 Å². The highest BCUT2D eigenvalue weighted by molar-refractivity contribution is 7.99. The second-order valence-corrected chi connectivity index (χ2v) is 8.46. The smallest absolute Gasteiger partial charge is 0.288 e. The average Bonchev–Trinajstić information content (AvgIpc) is 2.84. The first-order valence-corrected chi connectivity index (χ1v) is 11.4. The molecule has 0 fully saturated rings. The molecule has 35 heavy (non-hydrogen) atoms. The topological polar surface area (TPSA) is 96.5 Å². The van der Waals surface area contributed by atoms with Gasteiger partial charge < -0.3 is 10.1 Å². The molecule has 0 aliphatic heterocycles. The molecule has 0 aliphatic carbocycles. The quantitative estimate of drug-likeness (QED) is 0.308. The van der Waals surface area contributed by atoms with Crippen LogP contribution in [0.25, 0.3) is 0 Å². The summed E-state index contributed by atoms with van der Waals surface area (Å²) in [5.41, 5.74) is 7.46. The monoisotopic (exact) mass is 499 g/mol. The first-order valence-electron chi connectivity index (χ1n) is 10.5. The normalized spacial score (nSPS) is 10.5. The van der Waals surface area contributed by atoms with E-state index < -0.39 is 30.1 Å². The van der Waals surface area contributed by atoms with Crippen LogP contribution in [0.15, 0.2) is 71.6 Å². The fourth-order valence-electron chi connectivity index (χ4n) is 3.09. The van der Waals surface area contributed by atoms with Gasteiger partial charge in [-0.1, -0.05) is 36.0 Å². The van der Waals surface area contributed by atoms with Crippen molar-refractivity contribution in [3.8, 4) is 5.75 Å². The second-order valence-electron chi connectivity index (χ2n) is 7.39. The SMILES string of the molecule is Cc1cccc(C(=O)NNC(=O)c2ccccc2OCC(=O)Nc2ccc(SC(F)F)cc2)c1C. The number of hydrogen-bond donors (Lipinski definition) is 3. The van der Waals surface area contributed by atoms with Crippen molar-refractivity contribution >= 4 is 35.2 Å². The highest BCUT2D eigenvalue weighted by atomic mass is 32.2. The van der Waals surface area contributed by atoms with Gasteiger partial charge in [-0.25, -0.2) is 0 Å². The molecule has 3 aromatic rings. The van der Waals surface area contributed by atoms with Crippen LogP contribution in [0.5, 0.6) is 5.75 Å². The Morgan fingerprint density at radius 2 is 1.49 bits per heavy atom. The van der Waals surface area contributed by atoms with Crippen molar-refractivity contribution < 1.29 is 27.9 Å². The Morgan fingerprint density at radius 1 is 0.857 bits per heavy atom. The molecule has 0 unspecified atom stereocenters. The third kappa shape index (κ3) is 7.28. The van der Waals surface area contributed by atoms with Gasteiger partial charge in [0.1, 0.15) is 5.75 Å². The van der Waals surface area contributed by atoms with Gasteiger partial charge in [0, 0.05) is 16.1 Å². The number of anilines is 1. The largest absolute Gasteiger partial charge is 0.483 e. The summed E-state index contributed by atoms with van der Waals surface area (Å²) in [5.74, 6) is -3.97. The molecule has 0 aromatic heterocycles. The maximum atomic E-state index is 12.6. The molecule has 3 N–H and O–H groups in total. The highest BCUT2D eigenvalue weighted by Crippen LogP contribution is 2.26. The molecule has 0 bridgehead atoms. The number of thioether (sulfide) groups is 1. The number of carbonyl (C=O) groups excluding carboxylic acids is 3. The summed E-state index contributed by atoms with van der Waals surface area (Å²) in [5, 5.41) is 2.59. The molecule has 0 saturated carbocycles. The Morgan fingerprint density at radius 3 is 2.17 bits per heavy atom. The molecule has 0 radical (unpaired) electrons. The molecule has 7 nitrogen and oxygen atoms in total. The van der Waals surface area contributed by atoms with Crippen molar-refractivity contribution in [2.75, 3.05) is 11.9 Å². The molecule has 0 heterocycles. The van der Waals surface area contributed by atoms with Crippen LogP contribution in [0.4, 0.5) is 14.5 Å². The van der Waals surface area contributed by atoms with Gasteiger partial charge in [0.05, 0.1) is 5.56 Å². The first kappa shape index (κ1) is 25.7. The van der Waals surface area contributed by atoms with E-state index in [-0.39, 0.29) is 11.3 Å². The van der Waals surface area contributed by atoms with E-state index in [4.69, 9.17) is 4.74 Å². The third-order valence-electron chi connectivity index (χ3n) is 4.99. The number of benzene rings is 3. The third-order valence-corrected chi connectivity index (χ3v) is 5.72. The number of amides is 3. The van der Waals surface area contributed by atoms with Gasteiger partial charge in [-0.3, -0.25) is 25.2 Å². The predicted molar refractivity (Wildman–Crippen MR) is 130 cm³/mol. The van der Waals surface area contributed by atoms with E-state index in [0.29, 0.717) is 27.9 Å². The Kier molecular flexibility index (Phi) is 8.80. The standard InChI is InChI=1S/C25H23F2N3O4S/c1-15-6-5-8-19(16(15)2)23(32)29-30-24(33)20-7-3-4-9-21(20)34-14-22(31)28-17-10-12-18(13-11-17)35-25(26)27/h3-13,25H,14H2,1-2H3,(H,28,31)(H,29,32)(H,30,33). The lowest BCUT2D eigenvalue weighted by Gasteiger charge is -2.13. The van der Waals surface area contributed by atoms with E-state index in [1.54, 1.807) is 24.3 Å². The summed E-state index contributed by atoms with van der Waals surface area (Å²) in [6.45, 7) is 3.31. The van der Waals surface area contributed by atoms with Crippen LogP contribution in [0, 0.1) is 13.8 Å². The van der Waals surface area contributed by atoms with Gasteiger partial charge in [-0.2, -0.15) is 8.78 Å². The summed E-state index contributed by atoms with van der Waals surface area (Å²) in [4.78, 5) is 37.7. The lowest BCUT2D eigenvalue weighted by Crippen LogP contribution is -2.42. The summed E-state index contributed by atoms with van der Waals surface area (Å²) in [7, 11) is 0. The molecule has 3 amide bonds. The van der Waals surface area contributed by atoms with Crippen LogP contribution < -0.4 is 20.9 Å². The van der Waals surface area contributed by atoms with Crippen molar-refractivity contribution in [2.24, 2.45) is 0 Å². The fourth-order valence-corrected chi connectivity index (χ4v) is 3.58. The minimum atomic E-state index is -2.53. The molecular weight excluding hydrogens is 476 g/mol. The van der Waals surface area contributed by atoms with Gasteiger partial charge in [0.15, 0.2) is 6.61 Å². The van der Waals surface area contributed by atoms with Crippen molar-refractivity contribution in [2.45, 2.75) is 24.5 Å². The highest BCUT2D eigenvalue weighted by Gasteiger charge is 2.16. The van der Waals surface area contributed by atoms with E-state index in [9.17, 15) is 23.2 Å². The zero-order valence-corrected chi connectivity index (χ0v) is 19.7.